The molecule has 0 unspecified atom stereocenters. The summed E-state index contributed by atoms with van der Waals surface area (Å²) in [5, 5.41) is 26.3. The maximum absolute atomic E-state index is 14.1. The Kier molecular flexibility index (Phi) is 7.93. The van der Waals surface area contributed by atoms with E-state index in [2.05, 4.69) is 10.6 Å². The maximum atomic E-state index is 14.1. The molecule has 0 saturated heterocycles. The van der Waals surface area contributed by atoms with Gasteiger partial charge in [0.05, 0.1) is 34.1 Å². The quantitative estimate of drug-likeness (QED) is 0.108. The summed E-state index contributed by atoms with van der Waals surface area (Å²) in [6.07, 6.45) is 0. The first-order chi connectivity index (χ1) is 26.1. The molecule has 288 valence electrons. The van der Waals surface area contributed by atoms with Gasteiger partial charge < -0.3 is 20.8 Å². The highest BCUT2D eigenvalue weighted by atomic mass is 32.2. The van der Waals surface area contributed by atoms with Crippen LogP contribution in [0.5, 0.6) is 11.5 Å². The van der Waals surface area contributed by atoms with Crippen molar-refractivity contribution in [3.05, 3.63) is 96.1 Å². The lowest BCUT2D eigenvalue weighted by molar-refractivity contribution is 0.262. The first-order valence-corrected chi connectivity index (χ1v) is 21.8. The van der Waals surface area contributed by atoms with E-state index in [0.717, 1.165) is 45.0 Å². The summed E-state index contributed by atoms with van der Waals surface area (Å²) < 4.78 is 126. The average Bonchev–Trinajstić information content (AvgIpc) is 3.34. The Morgan fingerprint density at radius 2 is 0.946 bits per heavy atom. The Hall–Kier alpha value is -5.97. The van der Waals surface area contributed by atoms with E-state index in [-0.39, 0.29) is 76.6 Å². The molecule has 6 N–H and O–H groups in total. The highest BCUT2D eigenvalue weighted by Gasteiger charge is 2.44. The molecule has 0 fully saturated rings. The Morgan fingerprint density at radius 3 is 1.30 bits per heavy atom. The zero-order valence-corrected chi connectivity index (χ0v) is 31.8. The van der Waals surface area contributed by atoms with Crippen molar-refractivity contribution in [2.24, 2.45) is 0 Å². The minimum absolute atomic E-state index is 0.00172. The lowest BCUT2D eigenvalue weighted by atomic mass is 10.1. The van der Waals surface area contributed by atoms with Gasteiger partial charge in [-0.3, -0.25) is 9.11 Å². The molecule has 0 spiro atoms. The number of nitrogens with zero attached hydrogens (tertiary/aromatic N) is 2. The third kappa shape index (κ3) is 5.42. The van der Waals surface area contributed by atoms with Crippen LogP contribution in [0.1, 0.15) is 11.1 Å². The molecule has 6 aromatic rings. The lowest BCUT2D eigenvalue weighted by Crippen LogP contribution is -2.21. The van der Waals surface area contributed by atoms with Gasteiger partial charge in [0.1, 0.15) is 31.1 Å². The number of nitrogens with one attached hydrogen (secondary N) is 2. The minimum atomic E-state index is -4.83. The van der Waals surface area contributed by atoms with E-state index in [1.54, 1.807) is 0 Å². The number of anilines is 6. The first kappa shape index (κ1) is 37.0. The summed E-state index contributed by atoms with van der Waals surface area (Å²) in [5.41, 5.74) is -0.842. The summed E-state index contributed by atoms with van der Waals surface area (Å²) in [7, 11) is -18.8. The van der Waals surface area contributed by atoms with Crippen LogP contribution in [0, 0.1) is 13.8 Å². The summed E-state index contributed by atoms with van der Waals surface area (Å²) in [4.78, 5) is 11.9. The fourth-order valence-corrected chi connectivity index (χ4v) is 12.3. The molecule has 17 nitrogen and oxygen atoms in total. The van der Waals surface area contributed by atoms with Crippen LogP contribution >= 0.6 is 0 Å². The van der Waals surface area contributed by atoms with Crippen LogP contribution in [0.4, 0.5) is 38.9 Å². The SMILES string of the molecule is Cc1ccc2c(NC(=O)Nc3c4ccc(C)c3S(=O)(=O)N4c3cc(O)c4cccc(S(=O)(=O)O)c4c3)c1S(=O)(=O)N2c1cc(O)c2cccc(S(=O)(=O)O)c2c1. The molecular weight excluding hydrogens is 813 g/mol. The third-order valence-corrected chi connectivity index (χ3v) is 15.1. The molecule has 8 rings (SSSR count). The van der Waals surface area contributed by atoms with E-state index < -0.39 is 67.6 Å². The summed E-state index contributed by atoms with van der Waals surface area (Å²) in [5.74, 6) is -1.03. The van der Waals surface area contributed by atoms with Crippen molar-refractivity contribution in [3.63, 3.8) is 0 Å². The molecular formula is C35H26N4O13S4. The van der Waals surface area contributed by atoms with Gasteiger partial charge in [-0.15, -0.1) is 0 Å². The molecule has 2 amide bonds. The summed E-state index contributed by atoms with van der Waals surface area (Å²) in [6, 6.07) is 16.4. The number of hydrogen-bond acceptors (Lipinski definition) is 11. The minimum Gasteiger partial charge on any atom is -0.507 e. The van der Waals surface area contributed by atoms with Crippen LogP contribution < -0.4 is 19.2 Å². The van der Waals surface area contributed by atoms with E-state index in [0.29, 0.717) is 0 Å². The van der Waals surface area contributed by atoms with E-state index in [4.69, 9.17) is 0 Å². The van der Waals surface area contributed by atoms with Gasteiger partial charge in [-0.2, -0.15) is 16.8 Å². The number of urea groups is 1. The number of phenolic OH excluding ortho intramolecular Hbond substituents is 2. The fourth-order valence-electron chi connectivity index (χ4n) is 7.19. The smallest absolute Gasteiger partial charge is 0.323 e. The number of aryl methyl sites for hydroxylation is 2. The van der Waals surface area contributed by atoms with Gasteiger partial charge in [0.2, 0.25) is 0 Å². The molecule has 2 aliphatic heterocycles. The first-order valence-electron chi connectivity index (χ1n) is 16.0. The van der Waals surface area contributed by atoms with Gasteiger partial charge >= 0.3 is 6.03 Å². The van der Waals surface area contributed by atoms with Crippen LogP contribution in [0.15, 0.2) is 105 Å². The van der Waals surface area contributed by atoms with Crippen molar-refractivity contribution in [2.45, 2.75) is 33.4 Å². The van der Waals surface area contributed by atoms with Crippen molar-refractivity contribution in [2.75, 3.05) is 19.2 Å². The summed E-state index contributed by atoms with van der Waals surface area (Å²) in [6.45, 7) is 2.92. The van der Waals surface area contributed by atoms with Crippen LogP contribution in [-0.2, 0) is 40.3 Å². The summed E-state index contributed by atoms with van der Waals surface area (Å²) >= 11 is 0. The van der Waals surface area contributed by atoms with E-state index in [1.165, 1.54) is 62.4 Å². The predicted molar refractivity (Wildman–Crippen MR) is 205 cm³/mol. The molecule has 2 heterocycles. The van der Waals surface area contributed by atoms with Crippen LogP contribution in [0.3, 0.4) is 0 Å². The Balaban J connectivity index is 1.21. The molecule has 4 bridgehead atoms. The number of benzene rings is 6. The normalized spacial score (nSPS) is 15.4. The number of fused-ring (bicyclic) bond motifs is 6. The maximum Gasteiger partial charge on any atom is 0.323 e. The van der Waals surface area contributed by atoms with Crippen molar-refractivity contribution < 1.29 is 57.8 Å². The van der Waals surface area contributed by atoms with E-state index in [1.807, 2.05) is 0 Å². The molecule has 0 radical (unpaired) electrons. The van der Waals surface area contributed by atoms with Gasteiger partial charge in [-0.25, -0.2) is 30.2 Å². The van der Waals surface area contributed by atoms with Gasteiger partial charge in [-0.05, 0) is 61.4 Å². The van der Waals surface area contributed by atoms with E-state index >= 15 is 0 Å². The van der Waals surface area contributed by atoms with Crippen LogP contribution in [0.2, 0.25) is 0 Å². The van der Waals surface area contributed by atoms with Gasteiger partial charge in [0, 0.05) is 33.7 Å². The van der Waals surface area contributed by atoms with Crippen molar-refractivity contribution >= 4 is 102 Å². The molecule has 56 heavy (non-hydrogen) atoms. The van der Waals surface area contributed by atoms with Crippen LogP contribution in [-0.4, -0.2) is 59.0 Å². The van der Waals surface area contributed by atoms with Gasteiger partial charge in [0.15, 0.2) is 0 Å². The molecule has 6 aromatic carbocycles. The van der Waals surface area contributed by atoms with Gasteiger partial charge in [-0.1, -0.05) is 36.4 Å². The van der Waals surface area contributed by atoms with Crippen LogP contribution in [0.25, 0.3) is 21.5 Å². The Morgan fingerprint density at radius 1 is 0.571 bits per heavy atom. The number of sulfonamides is 2. The number of amides is 2. The second-order valence-corrected chi connectivity index (χ2v) is 19.1. The van der Waals surface area contributed by atoms with Gasteiger partial charge in [0.25, 0.3) is 40.3 Å². The highest BCUT2D eigenvalue weighted by molar-refractivity contribution is 7.94. The molecule has 0 aliphatic carbocycles. The predicted octanol–water partition coefficient (Wildman–Crippen LogP) is 5.84. The third-order valence-electron chi connectivity index (χ3n) is 9.44. The molecule has 0 saturated carbocycles. The fraction of sp³-hybridized carbons (Fsp3) is 0.0571. The molecule has 21 heteroatoms. The number of phenols is 2. The Labute approximate surface area is 318 Å². The van der Waals surface area contributed by atoms with Crippen molar-refractivity contribution in [1.29, 1.82) is 0 Å². The number of hydrogen-bond donors (Lipinski definition) is 6. The molecule has 2 aliphatic rings. The highest BCUT2D eigenvalue weighted by Crippen LogP contribution is 2.53. The Bertz CT molecular complexity index is 3050. The topological polar surface area (TPSA) is 265 Å². The zero-order valence-electron chi connectivity index (χ0n) is 28.6. The van der Waals surface area contributed by atoms with E-state index in [9.17, 15) is 57.8 Å². The van der Waals surface area contributed by atoms with Crippen molar-refractivity contribution in [3.8, 4) is 11.5 Å². The molecule has 0 atom stereocenters. The standard InChI is InChI=1S/C35H26N4O13S4/c1-17-9-11-25-31(33(17)53(43,44)38(25)19-13-23-21(27(40)15-19)5-3-7-29(23)55(47,48)49)36-35(42)37-32-26-12-10-18(2)34(32)54(45,46)39(26)20-14-24-22(28(41)16-20)6-4-8-30(24)56(50,51)52/h3-16,40-41H,1-2H3,(H2,36,37,42)(H,47,48,49)(H,50,51,52). The zero-order chi connectivity index (χ0) is 40.4. The number of carbonyl (C=O) groups is 1. The number of rotatable bonds is 6. The number of aromatic hydroxyl groups is 2. The average molecular weight is 839 g/mol. The molecule has 0 aromatic heterocycles. The lowest BCUT2D eigenvalue weighted by Gasteiger charge is -2.20. The van der Waals surface area contributed by atoms with Crippen molar-refractivity contribution in [1.82, 2.24) is 0 Å². The second kappa shape index (κ2) is 12.0. The largest absolute Gasteiger partial charge is 0.507 e. The second-order valence-electron chi connectivity index (χ2n) is 12.9. The number of carbonyl (C=O) groups excluding carboxylic acids is 1. The monoisotopic (exact) mass is 838 g/mol.